The molecule has 2 saturated heterocycles. The van der Waals surface area contributed by atoms with Gasteiger partial charge in [-0.15, -0.1) is 24.0 Å². The van der Waals surface area contributed by atoms with Gasteiger partial charge in [0.05, 0.1) is 15.4 Å². The van der Waals surface area contributed by atoms with Crippen LogP contribution in [0.1, 0.15) is 32.3 Å². The summed E-state index contributed by atoms with van der Waals surface area (Å²) in [6, 6.07) is 6.88. The molecule has 0 unspecified atom stereocenters. The highest BCUT2D eigenvalue weighted by atomic mass is 127. The van der Waals surface area contributed by atoms with Crippen LogP contribution >= 0.6 is 24.0 Å². The van der Waals surface area contributed by atoms with Crippen LogP contribution in [0.4, 0.5) is 0 Å². The van der Waals surface area contributed by atoms with Crippen LogP contribution in [-0.4, -0.2) is 75.7 Å². The zero-order valence-corrected chi connectivity index (χ0v) is 21.6. The van der Waals surface area contributed by atoms with Crippen molar-refractivity contribution in [3.8, 4) is 0 Å². The Morgan fingerprint density at radius 3 is 2.27 bits per heavy atom. The third-order valence-electron chi connectivity index (χ3n) is 5.63. The fraction of sp³-hybridized carbons (Fsp3) is 0.632. The van der Waals surface area contributed by atoms with Crippen molar-refractivity contribution in [1.82, 2.24) is 14.5 Å². The lowest BCUT2D eigenvalue weighted by Gasteiger charge is -2.39. The van der Waals surface area contributed by atoms with Gasteiger partial charge < -0.3 is 10.2 Å². The first-order valence-electron chi connectivity index (χ1n) is 9.84. The maximum absolute atomic E-state index is 12.6. The van der Waals surface area contributed by atoms with Gasteiger partial charge in [0.1, 0.15) is 0 Å². The summed E-state index contributed by atoms with van der Waals surface area (Å²) in [5.74, 6) is 0.741. The lowest BCUT2D eigenvalue weighted by atomic mass is 10.2. The average Bonchev–Trinajstić information content (AvgIpc) is 3.21. The normalized spacial score (nSPS) is 21.8. The van der Waals surface area contributed by atoms with Gasteiger partial charge in [-0.2, -0.15) is 4.31 Å². The molecular weight excluding hydrogens is 539 g/mol. The zero-order valence-electron chi connectivity index (χ0n) is 17.7. The van der Waals surface area contributed by atoms with Gasteiger partial charge in [-0.3, -0.25) is 4.99 Å². The van der Waals surface area contributed by atoms with Gasteiger partial charge in [-0.25, -0.2) is 16.8 Å². The number of nitrogens with one attached hydrogen (secondary N) is 1. The molecule has 11 heteroatoms. The van der Waals surface area contributed by atoms with Crippen molar-refractivity contribution < 1.29 is 16.8 Å². The van der Waals surface area contributed by atoms with E-state index >= 15 is 0 Å². The molecule has 1 aromatic carbocycles. The molecule has 3 rings (SSSR count). The maximum Gasteiger partial charge on any atom is 0.243 e. The van der Waals surface area contributed by atoms with E-state index in [0.29, 0.717) is 43.6 Å². The summed E-state index contributed by atoms with van der Waals surface area (Å²) in [5, 5.41) is 3.26. The van der Waals surface area contributed by atoms with E-state index < -0.39 is 24.6 Å². The second kappa shape index (κ2) is 9.70. The van der Waals surface area contributed by atoms with Gasteiger partial charge in [0.2, 0.25) is 10.0 Å². The first kappa shape index (κ1) is 25.3. The molecule has 0 bridgehead atoms. The van der Waals surface area contributed by atoms with Crippen LogP contribution in [0, 0.1) is 0 Å². The van der Waals surface area contributed by atoms with E-state index in [-0.39, 0.29) is 29.7 Å². The number of aliphatic imine (C=N–C) groups is 1. The molecular formula is C19H31IN4O4S2. The van der Waals surface area contributed by atoms with E-state index in [2.05, 4.69) is 10.3 Å². The predicted octanol–water partition coefficient (Wildman–Crippen LogP) is 1.67. The number of rotatable bonds is 4. The predicted molar refractivity (Wildman–Crippen MR) is 129 cm³/mol. The lowest BCUT2D eigenvalue weighted by molar-refractivity contribution is 0.353. The Labute approximate surface area is 197 Å². The van der Waals surface area contributed by atoms with Crippen molar-refractivity contribution in [2.24, 2.45) is 4.99 Å². The molecule has 0 radical (unpaired) electrons. The van der Waals surface area contributed by atoms with Gasteiger partial charge in [0.25, 0.3) is 0 Å². The Kier molecular flexibility index (Phi) is 8.19. The van der Waals surface area contributed by atoms with Gasteiger partial charge >= 0.3 is 0 Å². The number of nitrogens with zero attached hydrogens (tertiary/aromatic N) is 3. The number of benzene rings is 1. The molecule has 0 aromatic heterocycles. The summed E-state index contributed by atoms with van der Waals surface area (Å²) >= 11 is 0. The molecule has 1 aromatic rings. The van der Waals surface area contributed by atoms with Crippen LogP contribution in [0.5, 0.6) is 0 Å². The van der Waals surface area contributed by atoms with E-state index in [1.54, 1.807) is 45.2 Å². The van der Waals surface area contributed by atoms with Crippen molar-refractivity contribution in [3.63, 3.8) is 0 Å². The highest BCUT2D eigenvalue weighted by Gasteiger charge is 2.40. The Morgan fingerprint density at radius 1 is 1.13 bits per heavy atom. The highest BCUT2D eigenvalue weighted by Crippen LogP contribution is 2.24. The van der Waals surface area contributed by atoms with Gasteiger partial charge in [0.15, 0.2) is 15.8 Å². The third-order valence-corrected chi connectivity index (χ3v) is 10.1. The number of sulfone groups is 1. The monoisotopic (exact) mass is 570 g/mol. The molecule has 0 amide bonds. The van der Waals surface area contributed by atoms with Gasteiger partial charge in [-0.05, 0) is 44.4 Å². The Hall–Kier alpha value is -0.920. The molecule has 0 aliphatic carbocycles. The van der Waals surface area contributed by atoms with Crippen molar-refractivity contribution in [3.05, 3.63) is 29.8 Å². The van der Waals surface area contributed by atoms with Gasteiger partial charge in [-0.1, -0.05) is 12.1 Å². The maximum atomic E-state index is 12.6. The largest absolute Gasteiger partial charge is 0.352 e. The number of hydrogen-bond donors (Lipinski definition) is 1. The van der Waals surface area contributed by atoms with E-state index in [4.69, 9.17) is 0 Å². The van der Waals surface area contributed by atoms with Crippen molar-refractivity contribution in [1.29, 1.82) is 0 Å². The summed E-state index contributed by atoms with van der Waals surface area (Å²) in [6.07, 6.45) is 1.82. The van der Waals surface area contributed by atoms with E-state index in [1.165, 1.54) is 4.31 Å². The first-order valence-corrected chi connectivity index (χ1v) is 12.9. The molecule has 2 aliphatic rings. The highest BCUT2D eigenvalue weighted by molar-refractivity contribution is 14.0. The Bertz CT molecular complexity index is 970. The molecule has 0 atom stereocenters. The molecule has 2 aliphatic heterocycles. The number of hydrogen-bond acceptors (Lipinski definition) is 5. The second-order valence-corrected chi connectivity index (χ2v) is 12.8. The van der Waals surface area contributed by atoms with Crippen LogP contribution in [0.25, 0.3) is 0 Å². The number of halogens is 1. The van der Waals surface area contributed by atoms with Crippen LogP contribution in [0.15, 0.2) is 34.2 Å². The minimum absolute atomic E-state index is 0. The summed E-state index contributed by atoms with van der Waals surface area (Å²) in [4.78, 5) is 6.55. The molecule has 170 valence electrons. The number of guanidine groups is 1. The fourth-order valence-corrected chi connectivity index (χ4v) is 6.58. The first-order chi connectivity index (χ1) is 13.6. The van der Waals surface area contributed by atoms with Crippen molar-refractivity contribution in [2.45, 2.75) is 42.9 Å². The minimum atomic E-state index is -3.41. The molecule has 30 heavy (non-hydrogen) atoms. The zero-order chi connectivity index (χ0) is 21.3. The summed E-state index contributed by atoms with van der Waals surface area (Å²) in [5.41, 5.74) is 0.926. The van der Waals surface area contributed by atoms with Crippen LogP contribution < -0.4 is 5.32 Å². The smallest absolute Gasteiger partial charge is 0.243 e. The molecule has 8 nitrogen and oxygen atoms in total. The SMILES string of the molecule is CN=C(NCc1ccc(S(=O)(=O)N2CCCC2)cc1)N1CCS(=O)(=O)C(C)(C)C1.I. The van der Waals surface area contributed by atoms with Crippen molar-refractivity contribution in [2.75, 3.05) is 39.0 Å². The Balaban J connectivity index is 0.00000320. The molecule has 1 N–H and O–H groups in total. The molecule has 2 heterocycles. The Morgan fingerprint density at radius 2 is 1.73 bits per heavy atom. The van der Waals surface area contributed by atoms with Crippen LogP contribution in [-0.2, 0) is 26.4 Å². The molecule has 0 spiro atoms. The summed E-state index contributed by atoms with van der Waals surface area (Å²) in [7, 11) is -4.85. The minimum Gasteiger partial charge on any atom is -0.352 e. The number of sulfonamides is 1. The summed E-state index contributed by atoms with van der Waals surface area (Å²) in [6.45, 7) is 5.90. The summed E-state index contributed by atoms with van der Waals surface area (Å²) < 4.78 is 50.4. The van der Waals surface area contributed by atoms with E-state index in [0.717, 1.165) is 18.4 Å². The average molecular weight is 571 g/mol. The van der Waals surface area contributed by atoms with E-state index in [9.17, 15) is 16.8 Å². The fourth-order valence-electron chi connectivity index (χ4n) is 3.69. The molecule has 2 fully saturated rings. The van der Waals surface area contributed by atoms with Gasteiger partial charge in [0, 0.05) is 39.8 Å². The molecule has 0 saturated carbocycles. The van der Waals surface area contributed by atoms with Crippen LogP contribution in [0.2, 0.25) is 0 Å². The van der Waals surface area contributed by atoms with E-state index in [1.807, 2.05) is 4.90 Å². The topological polar surface area (TPSA) is 99.2 Å². The second-order valence-electron chi connectivity index (χ2n) is 8.16. The van der Waals surface area contributed by atoms with Crippen molar-refractivity contribution >= 4 is 49.8 Å². The standard InChI is InChI=1S/C19H30N4O4S2.HI/c1-19(2)15-22(12-13-28(19,24)25)18(20-3)21-14-16-6-8-17(9-7-16)29(26,27)23-10-4-5-11-23;/h6-9H,4-5,10-15H2,1-3H3,(H,20,21);1H. The quantitative estimate of drug-likeness (QED) is 0.336. The van der Waals surface area contributed by atoms with Crippen LogP contribution in [0.3, 0.4) is 0 Å². The third kappa shape index (κ3) is 5.28. The lowest BCUT2D eigenvalue weighted by Crippen LogP contribution is -2.57.